The Morgan fingerprint density at radius 2 is 1.55 bits per heavy atom. The summed E-state index contributed by atoms with van der Waals surface area (Å²) in [7, 11) is 4.10. The first kappa shape index (κ1) is 23.6. The third-order valence-corrected chi connectivity index (χ3v) is 7.82. The Morgan fingerprint density at radius 3 is 2.24 bits per heavy atom. The van der Waals surface area contributed by atoms with Gasteiger partial charge in [0.15, 0.2) is 0 Å². The van der Waals surface area contributed by atoms with Gasteiger partial charge in [-0.25, -0.2) is 4.98 Å². The Bertz CT molecular complexity index is 1140. The second-order valence-electron chi connectivity index (χ2n) is 8.60. The summed E-state index contributed by atoms with van der Waals surface area (Å²) in [4.78, 5) is 7.94. The first-order valence-electron chi connectivity index (χ1n) is 11.8. The quantitative estimate of drug-likeness (QED) is 0.160. The Labute approximate surface area is 205 Å². The highest BCUT2D eigenvalue weighted by Gasteiger charge is 2.10. The molecule has 0 bridgehead atoms. The smallest absolute Gasteiger partial charge is 0.142 e. The summed E-state index contributed by atoms with van der Waals surface area (Å²) in [6.45, 7) is 2.26. The Kier molecular flexibility index (Phi) is 8.24. The van der Waals surface area contributed by atoms with E-state index in [-0.39, 0.29) is 0 Å². The number of thiazole rings is 1. The van der Waals surface area contributed by atoms with Gasteiger partial charge in [-0.2, -0.15) is 0 Å². The van der Waals surface area contributed by atoms with Crippen LogP contribution in [-0.2, 0) is 6.42 Å². The third-order valence-electron chi connectivity index (χ3n) is 5.73. The molecule has 0 aliphatic rings. The van der Waals surface area contributed by atoms with Crippen molar-refractivity contribution in [1.82, 2.24) is 4.98 Å². The first-order chi connectivity index (χ1) is 16.1. The van der Waals surface area contributed by atoms with E-state index in [0.29, 0.717) is 0 Å². The maximum atomic E-state index is 4.82. The van der Waals surface area contributed by atoms with Crippen LogP contribution in [-0.4, -0.2) is 19.1 Å². The van der Waals surface area contributed by atoms with Crippen LogP contribution in [0.3, 0.4) is 0 Å². The fourth-order valence-electron chi connectivity index (χ4n) is 3.74. The van der Waals surface area contributed by atoms with E-state index in [1.165, 1.54) is 49.8 Å². The van der Waals surface area contributed by atoms with Crippen molar-refractivity contribution in [1.29, 1.82) is 0 Å². The van der Waals surface area contributed by atoms with Gasteiger partial charge in [0.25, 0.3) is 0 Å². The molecule has 0 N–H and O–H groups in total. The van der Waals surface area contributed by atoms with Crippen LogP contribution in [0.2, 0.25) is 0 Å². The van der Waals surface area contributed by atoms with E-state index >= 15 is 0 Å². The number of hydrogen-bond acceptors (Lipinski definition) is 6. The molecule has 4 nitrogen and oxygen atoms in total. The zero-order valence-corrected chi connectivity index (χ0v) is 21.4. The molecule has 4 rings (SSSR count). The highest BCUT2D eigenvalue weighted by atomic mass is 32.1. The molecular formula is C27H32N4S2. The number of azo groups is 1. The van der Waals surface area contributed by atoms with Gasteiger partial charge in [-0.1, -0.05) is 62.5 Å². The van der Waals surface area contributed by atoms with Gasteiger partial charge in [0.05, 0.1) is 10.4 Å². The topological polar surface area (TPSA) is 40.9 Å². The standard InChI is InChI=1S/C27H32N4S2/c1-4-5-6-7-8-9-10-20-11-15-22(16-12-20)29-30-25-19-24-27(33-25)28-26(32-24)21-13-17-23(18-14-21)31(2)3/h11-19H,4-10H2,1-3H3. The van der Waals surface area contributed by atoms with Crippen molar-refractivity contribution in [2.24, 2.45) is 10.2 Å². The van der Waals surface area contributed by atoms with E-state index in [4.69, 9.17) is 4.98 Å². The van der Waals surface area contributed by atoms with Crippen molar-refractivity contribution in [2.45, 2.75) is 51.9 Å². The van der Waals surface area contributed by atoms with Crippen LogP contribution < -0.4 is 4.90 Å². The van der Waals surface area contributed by atoms with E-state index in [1.807, 2.05) is 0 Å². The summed E-state index contributed by atoms with van der Waals surface area (Å²) >= 11 is 3.30. The van der Waals surface area contributed by atoms with Crippen molar-refractivity contribution in [3.8, 4) is 10.6 Å². The summed E-state index contributed by atoms with van der Waals surface area (Å²) in [5.41, 5.74) is 4.62. The molecular weight excluding hydrogens is 444 g/mol. The maximum Gasteiger partial charge on any atom is 0.142 e. The number of unbranched alkanes of at least 4 members (excludes halogenated alkanes) is 5. The number of nitrogens with zero attached hydrogens (tertiary/aromatic N) is 4. The van der Waals surface area contributed by atoms with Crippen LogP contribution in [0.25, 0.3) is 20.1 Å². The van der Waals surface area contributed by atoms with Gasteiger partial charge in [-0.05, 0) is 60.9 Å². The molecule has 0 saturated carbocycles. The largest absolute Gasteiger partial charge is 0.378 e. The lowest BCUT2D eigenvalue weighted by molar-refractivity contribution is 0.607. The molecule has 2 aromatic heterocycles. The van der Waals surface area contributed by atoms with Gasteiger partial charge in [-0.3, -0.25) is 0 Å². The number of rotatable bonds is 11. The molecule has 0 radical (unpaired) electrons. The summed E-state index contributed by atoms with van der Waals surface area (Å²) in [5, 5.41) is 10.8. The summed E-state index contributed by atoms with van der Waals surface area (Å²) in [6, 6.07) is 19.1. The molecule has 0 fully saturated rings. The Hall–Kier alpha value is -2.57. The molecule has 2 aromatic carbocycles. The number of anilines is 1. The molecule has 2 heterocycles. The maximum absolute atomic E-state index is 4.82. The first-order valence-corrected chi connectivity index (χ1v) is 13.4. The number of aryl methyl sites for hydroxylation is 1. The molecule has 172 valence electrons. The molecule has 0 amide bonds. The highest BCUT2D eigenvalue weighted by molar-refractivity contribution is 7.30. The molecule has 4 aromatic rings. The fourth-order valence-corrected chi connectivity index (χ4v) is 5.78. The number of fused-ring (bicyclic) bond motifs is 1. The van der Waals surface area contributed by atoms with E-state index in [9.17, 15) is 0 Å². The second kappa shape index (κ2) is 11.5. The van der Waals surface area contributed by atoms with Gasteiger partial charge < -0.3 is 4.90 Å². The van der Waals surface area contributed by atoms with Gasteiger partial charge in [0, 0.05) is 25.3 Å². The molecule has 0 aliphatic carbocycles. The zero-order valence-electron chi connectivity index (χ0n) is 19.8. The Balaban J connectivity index is 1.33. The monoisotopic (exact) mass is 476 g/mol. The predicted octanol–water partition coefficient (Wildman–Crippen LogP) is 9.41. The van der Waals surface area contributed by atoms with Crippen molar-refractivity contribution < 1.29 is 0 Å². The zero-order chi connectivity index (χ0) is 23.0. The van der Waals surface area contributed by atoms with Crippen LogP contribution in [0.5, 0.6) is 0 Å². The van der Waals surface area contributed by atoms with Gasteiger partial charge in [0.1, 0.15) is 14.8 Å². The molecule has 0 unspecified atom stereocenters. The van der Waals surface area contributed by atoms with Gasteiger partial charge >= 0.3 is 0 Å². The van der Waals surface area contributed by atoms with Crippen LogP contribution >= 0.6 is 22.7 Å². The van der Waals surface area contributed by atoms with E-state index in [2.05, 4.69) is 90.7 Å². The minimum Gasteiger partial charge on any atom is -0.378 e. The normalized spacial score (nSPS) is 11.6. The molecule has 0 saturated heterocycles. The van der Waals surface area contributed by atoms with Crippen molar-refractivity contribution >= 4 is 48.6 Å². The average molecular weight is 477 g/mol. The van der Waals surface area contributed by atoms with Gasteiger partial charge in [0.2, 0.25) is 0 Å². The SMILES string of the molecule is CCCCCCCCc1ccc(N=Nc2cc3sc(-c4ccc(N(C)C)cc4)nc3s2)cc1. The predicted molar refractivity (Wildman–Crippen MR) is 145 cm³/mol. The average Bonchev–Trinajstić information content (AvgIpc) is 3.40. The van der Waals surface area contributed by atoms with Crippen molar-refractivity contribution in [2.75, 3.05) is 19.0 Å². The fraction of sp³-hybridized carbons (Fsp3) is 0.370. The summed E-state index contributed by atoms with van der Waals surface area (Å²) < 4.78 is 1.16. The Morgan fingerprint density at radius 1 is 0.818 bits per heavy atom. The second-order valence-corrected chi connectivity index (χ2v) is 10.6. The lowest BCUT2D eigenvalue weighted by Gasteiger charge is -2.11. The van der Waals surface area contributed by atoms with E-state index < -0.39 is 0 Å². The minimum atomic E-state index is 0.896. The molecule has 0 spiro atoms. The minimum absolute atomic E-state index is 0.896. The van der Waals surface area contributed by atoms with Crippen LogP contribution in [0.1, 0.15) is 51.0 Å². The lowest BCUT2D eigenvalue weighted by Crippen LogP contribution is -2.07. The molecule has 6 heteroatoms. The van der Waals surface area contributed by atoms with Crippen molar-refractivity contribution in [3.05, 3.63) is 60.2 Å². The highest BCUT2D eigenvalue weighted by Crippen LogP contribution is 2.39. The van der Waals surface area contributed by atoms with E-state index in [0.717, 1.165) is 37.2 Å². The van der Waals surface area contributed by atoms with Crippen LogP contribution in [0.15, 0.2) is 64.8 Å². The van der Waals surface area contributed by atoms with Crippen LogP contribution in [0.4, 0.5) is 16.4 Å². The van der Waals surface area contributed by atoms with E-state index in [1.54, 1.807) is 22.7 Å². The number of benzene rings is 2. The van der Waals surface area contributed by atoms with Crippen LogP contribution in [0, 0.1) is 0 Å². The lowest BCUT2D eigenvalue weighted by atomic mass is 10.0. The number of aromatic nitrogens is 1. The number of hydrogen-bond donors (Lipinski definition) is 0. The third kappa shape index (κ3) is 6.49. The van der Waals surface area contributed by atoms with Gasteiger partial charge in [-0.15, -0.1) is 21.6 Å². The summed E-state index contributed by atoms with van der Waals surface area (Å²) in [6.07, 6.45) is 9.15. The van der Waals surface area contributed by atoms with Crippen molar-refractivity contribution in [3.63, 3.8) is 0 Å². The molecule has 33 heavy (non-hydrogen) atoms. The summed E-state index contributed by atoms with van der Waals surface area (Å²) in [5.74, 6) is 0. The molecule has 0 aliphatic heterocycles. The molecule has 0 atom stereocenters. The number of thiophene rings is 1.